The van der Waals surface area contributed by atoms with Gasteiger partial charge in [0.2, 0.25) is 0 Å². The lowest BCUT2D eigenvalue weighted by Crippen LogP contribution is -2.35. The van der Waals surface area contributed by atoms with Crippen molar-refractivity contribution < 1.29 is 14.0 Å². The molecule has 4 nitrogen and oxygen atoms in total. The quantitative estimate of drug-likeness (QED) is 0.0874. The van der Waals surface area contributed by atoms with E-state index in [1.807, 2.05) is 42.6 Å². The highest BCUT2D eigenvalue weighted by Crippen LogP contribution is 2.20. The van der Waals surface area contributed by atoms with Gasteiger partial charge in [-0.3, -0.25) is 4.99 Å². The molecule has 0 aromatic heterocycles. The minimum Gasteiger partial charge on any atom is -0.494 e. The zero-order valence-electron chi connectivity index (χ0n) is 24.9. The Morgan fingerprint density at radius 3 is 1.79 bits per heavy atom. The molecule has 0 aliphatic rings. The fourth-order valence-electron chi connectivity index (χ4n) is 4.47. The van der Waals surface area contributed by atoms with Crippen LogP contribution in [-0.4, -0.2) is 51.6 Å². The number of hydrogen-bond acceptors (Lipinski definition) is 3. The molecule has 0 fully saturated rings. The van der Waals surface area contributed by atoms with Crippen molar-refractivity contribution in [2.45, 2.75) is 96.8 Å². The second kappa shape index (κ2) is 19.7. The highest BCUT2D eigenvalue weighted by atomic mass is 16.5. The second-order valence-corrected chi connectivity index (χ2v) is 11.6. The summed E-state index contributed by atoms with van der Waals surface area (Å²) in [7, 11) is 6.83. The van der Waals surface area contributed by atoms with Gasteiger partial charge >= 0.3 is 0 Å². The summed E-state index contributed by atoms with van der Waals surface area (Å²) in [6.45, 7) is 5.11. The molecular formula is C34H55N2O2+. The maximum Gasteiger partial charge on any atom is 0.119 e. The third-order valence-electron chi connectivity index (χ3n) is 6.82. The van der Waals surface area contributed by atoms with Crippen molar-refractivity contribution in [3.8, 4) is 11.5 Å². The Hall–Kier alpha value is -2.33. The van der Waals surface area contributed by atoms with Gasteiger partial charge in [-0.2, -0.15) is 0 Å². The first kappa shape index (κ1) is 31.9. The SMILES string of the molecule is CCCCCCCCOc1cccc(C=Nc2ccc(OCCCCCCCCCC[N+](C)(C)C)cc2)c1. The van der Waals surface area contributed by atoms with E-state index in [9.17, 15) is 0 Å². The molecule has 0 saturated heterocycles. The average Bonchev–Trinajstić information content (AvgIpc) is 2.90. The van der Waals surface area contributed by atoms with Gasteiger partial charge in [-0.05, 0) is 67.6 Å². The smallest absolute Gasteiger partial charge is 0.119 e. The normalized spacial score (nSPS) is 11.8. The van der Waals surface area contributed by atoms with Crippen LogP contribution in [0.15, 0.2) is 53.5 Å². The van der Waals surface area contributed by atoms with Crippen LogP contribution in [0.4, 0.5) is 5.69 Å². The van der Waals surface area contributed by atoms with Crippen LogP contribution in [0.1, 0.15) is 102 Å². The molecule has 2 aromatic rings. The van der Waals surface area contributed by atoms with Gasteiger partial charge in [0.15, 0.2) is 0 Å². The van der Waals surface area contributed by atoms with Crippen LogP contribution in [-0.2, 0) is 0 Å². The summed E-state index contributed by atoms with van der Waals surface area (Å²) in [6, 6.07) is 16.2. The molecule has 2 rings (SSSR count). The predicted octanol–water partition coefficient (Wildman–Crippen LogP) is 9.38. The van der Waals surface area contributed by atoms with E-state index in [-0.39, 0.29) is 0 Å². The van der Waals surface area contributed by atoms with E-state index in [1.54, 1.807) is 0 Å². The molecule has 0 aliphatic heterocycles. The first-order chi connectivity index (χ1) is 18.5. The molecule has 0 N–H and O–H groups in total. The molecule has 2 aromatic carbocycles. The molecule has 0 heterocycles. The van der Waals surface area contributed by atoms with Crippen LogP contribution in [0.5, 0.6) is 11.5 Å². The lowest BCUT2D eigenvalue weighted by atomic mass is 10.1. The van der Waals surface area contributed by atoms with E-state index in [0.717, 1.165) is 53.3 Å². The van der Waals surface area contributed by atoms with E-state index in [2.05, 4.69) is 45.2 Å². The highest BCUT2D eigenvalue weighted by molar-refractivity contribution is 5.82. The molecule has 0 spiro atoms. The van der Waals surface area contributed by atoms with Crippen molar-refractivity contribution in [3.63, 3.8) is 0 Å². The molecule has 0 aliphatic carbocycles. The van der Waals surface area contributed by atoms with Crippen LogP contribution in [0.25, 0.3) is 0 Å². The number of benzene rings is 2. The largest absolute Gasteiger partial charge is 0.494 e. The van der Waals surface area contributed by atoms with Crippen molar-refractivity contribution >= 4 is 11.9 Å². The average molecular weight is 524 g/mol. The van der Waals surface area contributed by atoms with Gasteiger partial charge in [0.1, 0.15) is 11.5 Å². The summed E-state index contributed by atoms with van der Waals surface area (Å²) < 4.78 is 13.0. The Balaban J connectivity index is 1.56. The van der Waals surface area contributed by atoms with Crippen LogP contribution in [0.2, 0.25) is 0 Å². The summed E-state index contributed by atoms with van der Waals surface area (Å²) >= 11 is 0. The van der Waals surface area contributed by atoms with Crippen LogP contribution >= 0.6 is 0 Å². The zero-order chi connectivity index (χ0) is 27.3. The maximum absolute atomic E-state index is 5.94. The Kier molecular flexibility index (Phi) is 16.5. The number of ether oxygens (including phenoxy) is 2. The number of hydrogen-bond donors (Lipinski definition) is 0. The first-order valence-corrected chi connectivity index (χ1v) is 15.3. The summed E-state index contributed by atoms with van der Waals surface area (Å²) in [5.41, 5.74) is 1.98. The molecular weight excluding hydrogens is 468 g/mol. The second-order valence-electron chi connectivity index (χ2n) is 11.6. The topological polar surface area (TPSA) is 30.8 Å². The van der Waals surface area contributed by atoms with E-state index in [0.29, 0.717) is 0 Å². The van der Waals surface area contributed by atoms with Gasteiger partial charge in [0.05, 0.1) is 46.6 Å². The third kappa shape index (κ3) is 16.5. The maximum atomic E-state index is 5.94. The van der Waals surface area contributed by atoms with Gasteiger partial charge in [-0.1, -0.05) is 83.3 Å². The van der Waals surface area contributed by atoms with Crippen molar-refractivity contribution in [3.05, 3.63) is 54.1 Å². The lowest BCUT2D eigenvalue weighted by molar-refractivity contribution is -0.870. The van der Waals surface area contributed by atoms with Crippen molar-refractivity contribution in [2.24, 2.45) is 4.99 Å². The van der Waals surface area contributed by atoms with Gasteiger partial charge in [-0.15, -0.1) is 0 Å². The highest BCUT2D eigenvalue weighted by Gasteiger charge is 2.05. The zero-order valence-corrected chi connectivity index (χ0v) is 24.9. The molecule has 0 unspecified atom stereocenters. The molecule has 38 heavy (non-hydrogen) atoms. The Morgan fingerprint density at radius 1 is 0.632 bits per heavy atom. The van der Waals surface area contributed by atoms with Gasteiger partial charge in [-0.25, -0.2) is 0 Å². The molecule has 0 bridgehead atoms. The summed E-state index contributed by atoms with van der Waals surface area (Å²) in [6.07, 6.45) is 20.1. The number of quaternary nitrogens is 1. The van der Waals surface area contributed by atoms with Crippen LogP contribution < -0.4 is 9.47 Å². The Labute approximate surface area is 234 Å². The number of rotatable bonds is 22. The van der Waals surface area contributed by atoms with Gasteiger partial charge < -0.3 is 14.0 Å². The van der Waals surface area contributed by atoms with E-state index in [4.69, 9.17) is 9.47 Å². The molecule has 0 atom stereocenters. The first-order valence-electron chi connectivity index (χ1n) is 15.3. The lowest BCUT2D eigenvalue weighted by Gasteiger charge is -2.23. The Bertz CT molecular complexity index is 871. The van der Waals surface area contributed by atoms with Crippen molar-refractivity contribution in [1.82, 2.24) is 0 Å². The van der Waals surface area contributed by atoms with E-state index in [1.165, 1.54) is 83.6 Å². The molecule has 0 saturated carbocycles. The minimum absolute atomic E-state index is 0.783. The van der Waals surface area contributed by atoms with Crippen LogP contribution in [0, 0.1) is 0 Å². The number of aliphatic imine (C=N–C) groups is 1. The number of nitrogens with zero attached hydrogens (tertiary/aromatic N) is 2. The standard InChI is InChI=1S/C34H55N2O2/c1-5-6-7-8-14-18-28-38-34-21-19-20-31(29-34)30-35-32-22-24-33(25-23-32)37-27-17-15-12-10-9-11-13-16-26-36(2,3)4/h19-25,29-30H,5-18,26-28H2,1-4H3/q+1. The summed E-state index contributed by atoms with van der Waals surface area (Å²) in [5, 5.41) is 0. The van der Waals surface area contributed by atoms with Crippen molar-refractivity contribution in [1.29, 1.82) is 0 Å². The van der Waals surface area contributed by atoms with Crippen LogP contribution in [0.3, 0.4) is 0 Å². The number of unbranched alkanes of at least 4 members (excludes halogenated alkanes) is 12. The summed E-state index contributed by atoms with van der Waals surface area (Å²) in [5.74, 6) is 1.84. The van der Waals surface area contributed by atoms with Gasteiger partial charge in [0, 0.05) is 6.21 Å². The fraction of sp³-hybridized carbons (Fsp3) is 0.618. The van der Waals surface area contributed by atoms with Gasteiger partial charge in [0.25, 0.3) is 0 Å². The monoisotopic (exact) mass is 523 g/mol. The Morgan fingerprint density at radius 2 is 1.18 bits per heavy atom. The summed E-state index contributed by atoms with van der Waals surface area (Å²) in [4.78, 5) is 4.63. The minimum atomic E-state index is 0.783. The van der Waals surface area contributed by atoms with Crippen molar-refractivity contribution in [2.75, 3.05) is 40.9 Å². The molecule has 212 valence electrons. The molecule has 0 amide bonds. The fourth-order valence-corrected chi connectivity index (χ4v) is 4.47. The molecule has 0 radical (unpaired) electrons. The predicted molar refractivity (Wildman–Crippen MR) is 164 cm³/mol. The van der Waals surface area contributed by atoms with E-state index < -0.39 is 0 Å². The van der Waals surface area contributed by atoms with E-state index >= 15 is 0 Å². The molecule has 4 heteroatoms. The third-order valence-corrected chi connectivity index (χ3v) is 6.82.